The van der Waals surface area contributed by atoms with Crippen molar-refractivity contribution in [3.8, 4) is 0 Å². The molecule has 6 nitrogen and oxygen atoms in total. The molecule has 0 bridgehead atoms. The Labute approximate surface area is 123 Å². The number of aromatic carboxylic acids is 1. The summed E-state index contributed by atoms with van der Waals surface area (Å²) in [5.74, 6) is -1.76. The molecule has 0 saturated heterocycles. The summed E-state index contributed by atoms with van der Waals surface area (Å²) in [6.07, 6.45) is 0. The van der Waals surface area contributed by atoms with E-state index in [1.807, 2.05) is 0 Å². The van der Waals surface area contributed by atoms with Gasteiger partial charge in [0.2, 0.25) is 10.9 Å². The fourth-order valence-corrected chi connectivity index (χ4v) is 3.06. The van der Waals surface area contributed by atoms with Crippen molar-refractivity contribution in [2.75, 3.05) is 4.72 Å². The molecule has 0 aliphatic heterocycles. The molecule has 20 heavy (non-hydrogen) atoms. The van der Waals surface area contributed by atoms with Gasteiger partial charge in [0.1, 0.15) is 0 Å². The van der Waals surface area contributed by atoms with Crippen LogP contribution in [-0.2, 0) is 10.0 Å². The van der Waals surface area contributed by atoms with Gasteiger partial charge in [-0.25, -0.2) is 4.79 Å². The van der Waals surface area contributed by atoms with Crippen LogP contribution in [0.4, 0.5) is 5.69 Å². The van der Waals surface area contributed by atoms with Gasteiger partial charge in [-0.2, -0.15) is 8.42 Å². The molecule has 1 heterocycles. The van der Waals surface area contributed by atoms with Gasteiger partial charge in [-0.1, -0.05) is 15.9 Å². The van der Waals surface area contributed by atoms with Gasteiger partial charge in [0.15, 0.2) is 0 Å². The van der Waals surface area contributed by atoms with E-state index in [4.69, 9.17) is 9.52 Å². The van der Waals surface area contributed by atoms with Gasteiger partial charge in [-0.05, 0) is 42.8 Å². The molecular formula is C12H10BrNO5S. The maximum absolute atomic E-state index is 12.1. The number of anilines is 1. The number of carbonyl (C=O) groups is 1. The topological polar surface area (TPSA) is 96.6 Å². The van der Waals surface area contributed by atoms with E-state index in [2.05, 4.69) is 20.7 Å². The number of benzene rings is 1. The summed E-state index contributed by atoms with van der Waals surface area (Å²) in [4.78, 5) is 10.7. The highest BCUT2D eigenvalue weighted by atomic mass is 79.9. The predicted octanol–water partition coefficient (Wildman–Crippen LogP) is 2.85. The van der Waals surface area contributed by atoms with Crippen LogP contribution in [-0.4, -0.2) is 19.5 Å². The molecule has 0 aliphatic rings. The molecule has 2 rings (SSSR count). The first-order chi connectivity index (χ1) is 9.29. The van der Waals surface area contributed by atoms with Crippen molar-refractivity contribution >= 4 is 37.6 Å². The second-order valence-corrected chi connectivity index (χ2v) is 6.52. The minimum absolute atomic E-state index is 0.390. The van der Waals surface area contributed by atoms with E-state index < -0.39 is 26.8 Å². The third-order valence-electron chi connectivity index (χ3n) is 2.49. The minimum atomic E-state index is -3.96. The van der Waals surface area contributed by atoms with Crippen molar-refractivity contribution in [1.82, 2.24) is 0 Å². The van der Waals surface area contributed by atoms with Crippen LogP contribution in [0.25, 0.3) is 0 Å². The molecular weight excluding hydrogens is 350 g/mol. The highest BCUT2D eigenvalue weighted by Gasteiger charge is 2.21. The normalized spacial score (nSPS) is 11.3. The van der Waals surface area contributed by atoms with Crippen LogP contribution in [0.3, 0.4) is 0 Å². The van der Waals surface area contributed by atoms with Gasteiger partial charge in [0.25, 0.3) is 10.0 Å². The summed E-state index contributed by atoms with van der Waals surface area (Å²) in [5.41, 5.74) is 1.11. The molecule has 1 aromatic carbocycles. The van der Waals surface area contributed by atoms with Crippen LogP contribution in [0.1, 0.15) is 16.1 Å². The Morgan fingerprint density at radius 3 is 2.55 bits per heavy atom. The molecule has 0 saturated carbocycles. The van der Waals surface area contributed by atoms with Crippen molar-refractivity contribution in [3.63, 3.8) is 0 Å². The first-order valence-electron chi connectivity index (χ1n) is 5.42. The van der Waals surface area contributed by atoms with E-state index in [-0.39, 0.29) is 0 Å². The largest absolute Gasteiger partial charge is 0.475 e. The van der Waals surface area contributed by atoms with Crippen LogP contribution in [0.15, 0.2) is 44.3 Å². The zero-order valence-corrected chi connectivity index (χ0v) is 12.7. The molecule has 0 atom stereocenters. The number of nitrogens with one attached hydrogen (secondary N) is 1. The van der Waals surface area contributed by atoms with Gasteiger partial charge in [-0.3, -0.25) is 4.72 Å². The lowest BCUT2D eigenvalue weighted by Gasteiger charge is -2.08. The third kappa shape index (κ3) is 3.02. The zero-order chi connectivity index (χ0) is 14.9. The summed E-state index contributed by atoms with van der Waals surface area (Å²) in [5, 5.41) is 8.27. The number of carboxylic acids is 1. The highest BCUT2D eigenvalue weighted by Crippen LogP contribution is 2.23. The van der Waals surface area contributed by atoms with E-state index in [0.717, 1.165) is 16.6 Å². The summed E-state index contributed by atoms with van der Waals surface area (Å²) in [6, 6.07) is 7.22. The summed E-state index contributed by atoms with van der Waals surface area (Å²) >= 11 is 3.28. The number of aryl methyl sites for hydroxylation is 1. The molecule has 0 amide bonds. The maximum Gasteiger partial charge on any atom is 0.371 e. The van der Waals surface area contributed by atoms with E-state index in [1.54, 1.807) is 25.1 Å². The zero-order valence-electron chi connectivity index (χ0n) is 10.3. The summed E-state index contributed by atoms with van der Waals surface area (Å²) in [7, 11) is -3.96. The number of hydrogen-bond donors (Lipinski definition) is 2. The van der Waals surface area contributed by atoms with Crippen LogP contribution >= 0.6 is 15.9 Å². The fraction of sp³-hybridized carbons (Fsp3) is 0.0833. The van der Waals surface area contributed by atoms with Gasteiger partial charge < -0.3 is 9.52 Å². The number of hydrogen-bond acceptors (Lipinski definition) is 4. The molecule has 2 aromatic rings. The Kier molecular flexibility index (Phi) is 3.87. The fourth-order valence-electron chi connectivity index (χ4n) is 1.52. The molecule has 106 valence electrons. The van der Waals surface area contributed by atoms with E-state index in [1.165, 1.54) is 0 Å². The Bertz CT molecular complexity index is 766. The van der Waals surface area contributed by atoms with Gasteiger partial charge in [-0.15, -0.1) is 0 Å². The lowest BCUT2D eigenvalue weighted by atomic mass is 10.2. The van der Waals surface area contributed by atoms with Crippen LogP contribution < -0.4 is 4.72 Å². The molecule has 0 spiro atoms. The Morgan fingerprint density at radius 1 is 1.30 bits per heavy atom. The molecule has 8 heteroatoms. The Morgan fingerprint density at radius 2 is 2.00 bits per heavy atom. The van der Waals surface area contributed by atoms with Crippen LogP contribution in [0.5, 0.6) is 0 Å². The van der Waals surface area contributed by atoms with E-state index >= 15 is 0 Å². The van der Waals surface area contributed by atoms with Crippen LogP contribution in [0.2, 0.25) is 0 Å². The van der Waals surface area contributed by atoms with Crippen molar-refractivity contribution < 1.29 is 22.7 Å². The predicted molar refractivity (Wildman–Crippen MR) is 75.4 cm³/mol. The number of carboxylic acid groups (broad SMARTS) is 1. The van der Waals surface area contributed by atoms with Crippen molar-refractivity contribution in [3.05, 3.63) is 46.1 Å². The molecule has 0 radical (unpaired) electrons. The standard InChI is InChI=1S/C12H10BrNO5S/c1-7-6-8(13)2-3-9(7)14-20(17,18)11-5-4-10(19-11)12(15)16/h2-6,14H,1H3,(H,15,16). The minimum Gasteiger partial charge on any atom is -0.475 e. The van der Waals surface area contributed by atoms with Gasteiger partial charge >= 0.3 is 5.97 Å². The van der Waals surface area contributed by atoms with Crippen molar-refractivity contribution in [2.24, 2.45) is 0 Å². The molecule has 1 aromatic heterocycles. The summed E-state index contributed by atoms with van der Waals surface area (Å²) < 4.78 is 32.1. The molecule has 0 aliphatic carbocycles. The SMILES string of the molecule is Cc1cc(Br)ccc1NS(=O)(=O)c1ccc(C(=O)O)o1. The van der Waals surface area contributed by atoms with E-state index in [0.29, 0.717) is 11.3 Å². The number of furan rings is 1. The molecule has 0 unspecified atom stereocenters. The monoisotopic (exact) mass is 359 g/mol. The Balaban J connectivity index is 2.33. The second-order valence-electron chi connectivity index (χ2n) is 3.99. The quantitative estimate of drug-likeness (QED) is 0.874. The van der Waals surface area contributed by atoms with Crippen molar-refractivity contribution in [2.45, 2.75) is 12.0 Å². The lowest BCUT2D eigenvalue weighted by Crippen LogP contribution is -2.13. The average Bonchev–Trinajstić information content (AvgIpc) is 2.83. The second kappa shape index (κ2) is 5.29. The summed E-state index contributed by atoms with van der Waals surface area (Å²) in [6.45, 7) is 1.74. The van der Waals surface area contributed by atoms with Gasteiger partial charge in [0.05, 0.1) is 5.69 Å². The number of halogens is 1. The number of sulfonamides is 1. The molecule has 0 fully saturated rings. The maximum atomic E-state index is 12.1. The smallest absolute Gasteiger partial charge is 0.371 e. The molecule has 2 N–H and O–H groups in total. The third-order valence-corrected chi connectivity index (χ3v) is 4.22. The highest BCUT2D eigenvalue weighted by molar-refractivity contribution is 9.10. The van der Waals surface area contributed by atoms with Crippen LogP contribution in [0, 0.1) is 6.92 Å². The van der Waals surface area contributed by atoms with Crippen molar-refractivity contribution in [1.29, 1.82) is 0 Å². The average molecular weight is 360 g/mol. The van der Waals surface area contributed by atoms with E-state index in [9.17, 15) is 13.2 Å². The first kappa shape index (κ1) is 14.6. The lowest BCUT2D eigenvalue weighted by molar-refractivity contribution is 0.0656. The first-order valence-corrected chi connectivity index (χ1v) is 7.69. The van der Waals surface area contributed by atoms with Gasteiger partial charge in [0, 0.05) is 4.47 Å². The Hall–Kier alpha value is -1.80. The number of rotatable bonds is 4.